The molecule has 3 rings (SSSR count). The van der Waals surface area contributed by atoms with E-state index in [0.29, 0.717) is 17.1 Å². The predicted molar refractivity (Wildman–Crippen MR) is 96.7 cm³/mol. The summed E-state index contributed by atoms with van der Waals surface area (Å²) in [6.07, 6.45) is 1.84. The van der Waals surface area contributed by atoms with Crippen molar-refractivity contribution in [2.75, 3.05) is 12.9 Å². The summed E-state index contributed by atoms with van der Waals surface area (Å²) < 4.78 is 7.26. The Labute approximate surface area is 145 Å². The Hall–Kier alpha value is -2.53. The lowest BCUT2D eigenvalue weighted by atomic mass is 10.1. The number of methoxy groups -OCH3 is 1. The van der Waals surface area contributed by atoms with Gasteiger partial charge < -0.3 is 9.30 Å². The SMILES string of the molecule is COc1ccccc1C(=O)CSc1ncc(-c2ccccc2)n1C. The van der Waals surface area contributed by atoms with Crippen LogP contribution >= 0.6 is 11.8 Å². The van der Waals surface area contributed by atoms with Crippen molar-refractivity contribution in [3.8, 4) is 17.0 Å². The molecule has 1 aromatic heterocycles. The average molecular weight is 338 g/mol. The third kappa shape index (κ3) is 3.36. The summed E-state index contributed by atoms with van der Waals surface area (Å²) in [5, 5.41) is 0.817. The zero-order chi connectivity index (χ0) is 16.9. The van der Waals surface area contributed by atoms with E-state index < -0.39 is 0 Å². The van der Waals surface area contributed by atoms with Gasteiger partial charge in [-0.2, -0.15) is 0 Å². The summed E-state index contributed by atoms with van der Waals surface area (Å²) in [4.78, 5) is 16.9. The molecular formula is C19H18N2O2S. The fraction of sp³-hybridized carbons (Fsp3) is 0.158. The molecule has 0 fully saturated rings. The van der Waals surface area contributed by atoms with Gasteiger partial charge in [0.15, 0.2) is 10.9 Å². The highest BCUT2D eigenvalue weighted by Crippen LogP contribution is 2.26. The van der Waals surface area contributed by atoms with E-state index in [2.05, 4.69) is 4.98 Å². The molecule has 0 saturated heterocycles. The number of ketones is 1. The van der Waals surface area contributed by atoms with Gasteiger partial charge in [-0.3, -0.25) is 4.79 Å². The normalized spacial score (nSPS) is 10.6. The third-order valence-corrected chi connectivity index (χ3v) is 4.80. The number of imidazole rings is 1. The molecule has 0 unspecified atom stereocenters. The van der Waals surface area contributed by atoms with Gasteiger partial charge in [0.05, 0.1) is 30.3 Å². The highest BCUT2D eigenvalue weighted by atomic mass is 32.2. The highest BCUT2D eigenvalue weighted by Gasteiger charge is 2.14. The van der Waals surface area contributed by atoms with Crippen LogP contribution < -0.4 is 4.74 Å². The molecule has 2 aromatic carbocycles. The van der Waals surface area contributed by atoms with Crippen LogP contribution in [0.1, 0.15) is 10.4 Å². The van der Waals surface area contributed by atoms with Gasteiger partial charge in [0, 0.05) is 7.05 Å². The minimum atomic E-state index is 0.0294. The molecule has 0 aliphatic rings. The van der Waals surface area contributed by atoms with Gasteiger partial charge in [-0.1, -0.05) is 54.2 Å². The zero-order valence-corrected chi connectivity index (χ0v) is 14.4. The summed E-state index contributed by atoms with van der Waals surface area (Å²) in [6, 6.07) is 17.4. The summed E-state index contributed by atoms with van der Waals surface area (Å²) in [5.74, 6) is 0.953. The second kappa shape index (κ2) is 7.36. The van der Waals surface area contributed by atoms with E-state index >= 15 is 0 Å². The standard InChI is InChI=1S/C19H18N2O2S/c1-21-16(14-8-4-3-5-9-14)12-20-19(21)24-13-17(22)15-10-6-7-11-18(15)23-2/h3-12H,13H2,1-2H3. The first-order valence-corrected chi connectivity index (χ1v) is 8.55. The van der Waals surface area contributed by atoms with E-state index in [9.17, 15) is 4.79 Å². The minimum Gasteiger partial charge on any atom is -0.496 e. The minimum absolute atomic E-state index is 0.0294. The van der Waals surface area contributed by atoms with Crippen LogP contribution in [0.2, 0.25) is 0 Å². The van der Waals surface area contributed by atoms with Gasteiger partial charge in [0.2, 0.25) is 0 Å². The summed E-state index contributed by atoms with van der Waals surface area (Å²) >= 11 is 1.43. The maximum absolute atomic E-state index is 12.4. The van der Waals surface area contributed by atoms with Crippen molar-refractivity contribution in [1.29, 1.82) is 0 Å². The van der Waals surface area contributed by atoms with Crippen molar-refractivity contribution >= 4 is 17.5 Å². The van der Waals surface area contributed by atoms with Gasteiger partial charge in [0.1, 0.15) is 5.75 Å². The molecule has 122 valence electrons. The zero-order valence-electron chi connectivity index (χ0n) is 13.6. The van der Waals surface area contributed by atoms with Crippen LogP contribution in [0.5, 0.6) is 5.75 Å². The maximum Gasteiger partial charge on any atom is 0.176 e. The van der Waals surface area contributed by atoms with Crippen LogP contribution in [0.15, 0.2) is 66.0 Å². The summed E-state index contributed by atoms with van der Waals surface area (Å²) in [6.45, 7) is 0. The number of benzene rings is 2. The number of nitrogens with zero attached hydrogens (tertiary/aromatic N) is 2. The molecule has 3 aromatic rings. The maximum atomic E-state index is 12.4. The molecule has 5 heteroatoms. The molecule has 0 aliphatic heterocycles. The molecule has 0 aliphatic carbocycles. The second-order valence-electron chi connectivity index (χ2n) is 5.26. The molecule has 0 N–H and O–H groups in total. The van der Waals surface area contributed by atoms with E-state index in [-0.39, 0.29) is 5.78 Å². The van der Waals surface area contributed by atoms with Gasteiger partial charge in [-0.15, -0.1) is 0 Å². The average Bonchev–Trinajstić information content (AvgIpc) is 3.01. The smallest absolute Gasteiger partial charge is 0.176 e. The molecular weight excluding hydrogens is 320 g/mol. The molecule has 1 heterocycles. The quantitative estimate of drug-likeness (QED) is 0.502. The Bertz CT molecular complexity index is 844. The highest BCUT2D eigenvalue weighted by molar-refractivity contribution is 7.99. The van der Waals surface area contributed by atoms with Crippen LogP contribution in [0.4, 0.5) is 0 Å². The number of rotatable bonds is 6. The number of para-hydroxylation sites is 1. The van der Waals surface area contributed by atoms with Crippen molar-refractivity contribution in [1.82, 2.24) is 9.55 Å². The fourth-order valence-corrected chi connectivity index (χ4v) is 3.32. The fourth-order valence-electron chi connectivity index (χ4n) is 2.49. The molecule has 0 saturated carbocycles. The number of hydrogen-bond donors (Lipinski definition) is 0. The number of aromatic nitrogens is 2. The first-order valence-electron chi connectivity index (χ1n) is 7.57. The lowest BCUT2D eigenvalue weighted by Crippen LogP contribution is -2.06. The van der Waals surface area contributed by atoms with Gasteiger partial charge in [-0.25, -0.2) is 4.98 Å². The number of carbonyl (C=O) groups is 1. The largest absolute Gasteiger partial charge is 0.496 e. The Kier molecular flexibility index (Phi) is 5.01. The van der Waals surface area contributed by atoms with E-state index in [1.165, 1.54) is 11.8 Å². The van der Waals surface area contributed by atoms with Crippen molar-refractivity contribution in [2.45, 2.75) is 5.16 Å². The van der Waals surface area contributed by atoms with Gasteiger partial charge in [0.25, 0.3) is 0 Å². The lowest BCUT2D eigenvalue weighted by molar-refractivity contribution is 0.101. The molecule has 0 spiro atoms. The summed E-state index contributed by atoms with van der Waals surface area (Å²) in [5.41, 5.74) is 2.74. The number of hydrogen-bond acceptors (Lipinski definition) is 4. The predicted octanol–water partition coefficient (Wildman–Crippen LogP) is 4.07. The Morgan fingerprint density at radius 1 is 1.12 bits per heavy atom. The number of thioether (sulfide) groups is 1. The number of carbonyl (C=O) groups excluding carboxylic acids is 1. The van der Waals surface area contributed by atoms with Crippen LogP contribution in [0, 0.1) is 0 Å². The van der Waals surface area contributed by atoms with Crippen molar-refractivity contribution in [2.24, 2.45) is 7.05 Å². The molecule has 0 bridgehead atoms. The molecule has 4 nitrogen and oxygen atoms in total. The molecule has 0 radical (unpaired) electrons. The number of Topliss-reactive ketones (excluding diaryl/α,β-unsaturated/α-hetero) is 1. The topological polar surface area (TPSA) is 44.1 Å². The molecule has 0 amide bonds. The third-order valence-electron chi connectivity index (χ3n) is 3.75. The Morgan fingerprint density at radius 3 is 2.58 bits per heavy atom. The van der Waals surface area contributed by atoms with E-state index in [1.54, 1.807) is 19.2 Å². The van der Waals surface area contributed by atoms with Gasteiger partial charge in [-0.05, 0) is 17.7 Å². The monoisotopic (exact) mass is 338 g/mol. The number of ether oxygens (including phenoxy) is 1. The first kappa shape index (κ1) is 16.3. The van der Waals surface area contributed by atoms with Crippen LogP contribution in [-0.4, -0.2) is 28.2 Å². The Balaban J connectivity index is 1.74. The van der Waals surface area contributed by atoms with Crippen molar-refractivity contribution < 1.29 is 9.53 Å². The van der Waals surface area contributed by atoms with E-state index in [4.69, 9.17) is 4.74 Å². The van der Waals surface area contributed by atoms with Crippen molar-refractivity contribution in [3.63, 3.8) is 0 Å². The van der Waals surface area contributed by atoms with Crippen LogP contribution in [0.25, 0.3) is 11.3 Å². The molecule has 24 heavy (non-hydrogen) atoms. The Morgan fingerprint density at radius 2 is 1.83 bits per heavy atom. The van der Waals surface area contributed by atoms with E-state index in [0.717, 1.165) is 16.4 Å². The van der Waals surface area contributed by atoms with E-state index in [1.807, 2.05) is 60.3 Å². The lowest BCUT2D eigenvalue weighted by Gasteiger charge is -2.08. The van der Waals surface area contributed by atoms with Gasteiger partial charge >= 0.3 is 0 Å². The molecule has 0 atom stereocenters. The summed E-state index contributed by atoms with van der Waals surface area (Å²) in [7, 11) is 3.54. The van der Waals surface area contributed by atoms with Crippen LogP contribution in [0.3, 0.4) is 0 Å². The van der Waals surface area contributed by atoms with Crippen molar-refractivity contribution in [3.05, 3.63) is 66.4 Å². The second-order valence-corrected chi connectivity index (χ2v) is 6.21. The van der Waals surface area contributed by atoms with Crippen LogP contribution in [-0.2, 0) is 7.05 Å². The first-order chi connectivity index (χ1) is 11.7.